The van der Waals surface area contributed by atoms with Crippen molar-refractivity contribution in [2.75, 3.05) is 13.1 Å². The molecule has 1 saturated heterocycles. The van der Waals surface area contributed by atoms with Gasteiger partial charge in [0.1, 0.15) is 0 Å². The first-order chi connectivity index (χ1) is 2.89. The summed E-state index contributed by atoms with van der Waals surface area (Å²) in [5, 5.41) is 0. The Bertz CT molecular complexity index is 45.0. The zero-order valence-electron chi connectivity index (χ0n) is 4.36. The summed E-state index contributed by atoms with van der Waals surface area (Å²) in [6.07, 6.45) is 2.84. The van der Waals surface area contributed by atoms with Gasteiger partial charge in [0.05, 0.1) is 0 Å². The van der Waals surface area contributed by atoms with E-state index >= 15 is 0 Å². The van der Waals surface area contributed by atoms with Crippen LogP contribution in [0.25, 0.3) is 0 Å². The summed E-state index contributed by atoms with van der Waals surface area (Å²) in [5.41, 5.74) is 0. The van der Waals surface area contributed by atoms with E-state index in [1.807, 2.05) is 9.39 Å². The summed E-state index contributed by atoms with van der Waals surface area (Å²) in [6.45, 7) is 2.66. The molecule has 0 saturated carbocycles. The molecule has 1 heterocycles. The van der Waals surface area contributed by atoms with Crippen molar-refractivity contribution in [3.8, 4) is 0 Å². The molecule has 0 N–H and O–H groups in total. The molecule has 0 aromatic carbocycles. The Balaban J connectivity index is 0.000000360. The lowest BCUT2D eigenvalue weighted by atomic mass is 10.4. The van der Waals surface area contributed by atoms with Gasteiger partial charge in [0.25, 0.3) is 0 Å². The van der Waals surface area contributed by atoms with Crippen LogP contribution in [0, 0.1) is 0 Å². The first kappa shape index (κ1) is 7.87. The van der Waals surface area contributed by atoms with Crippen LogP contribution in [0.3, 0.4) is 0 Å². The van der Waals surface area contributed by atoms with Gasteiger partial charge in [-0.2, -0.15) is 4.67 Å². The van der Waals surface area contributed by atoms with E-state index in [0.29, 0.717) is 0 Å². The first-order valence-electron chi connectivity index (χ1n) is 2.45. The average Bonchev–Trinajstić information content (AvgIpc) is 1.86. The minimum Gasteiger partial charge on any atom is -1.00 e. The standard InChI is InChI=1S/C4H10NP.BrH/c6-5-3-1-2-4-5;/h1-4,6H2;1H. The van der Waals surface area contributed by atoms with E-state index < -0.39 is 0 Å². The van der Waals surface area contributed by atoms with Crippen LogP contribution in [0.1, 0.15) is 12.8 Å². The van der Waals surface area contributed by atoms with E-state index in [4.69, 9.17) is 0 Å². The third-order valence-electron chi connectivity index (χ3n) is 1.20. The molecule has 0 bridgehead atoms. The summed E-state index contributed by atoms with van der Waals surface area (Å²) in [4.78, 5) is 0. The summed E-state index contributed by atoms with van der Waals surface area (Å²) < 4.78 is 2.39. The van der Waals surface area contributed by atoms with Gasteiger partial charge < -0.3 is 17.0 Å². The number of rotatable bonds is 0. The monoisotopic (exact) mass is 183 g/mol. The molecule has 3 heteroatoms. The molecular formula is C4H11BrNP. The van der Waals surface area contributed by atoms with Crippen molar-refractivity contribution in [2.24, 2.45) is 0 Å². The Morgan fingerprint density at radius 3 is 1.71 bits per heavy atom. The second-order valence-electron chi connectivity index (χ2n) is 1.83. The van der Waals surface area contributed by atoms with Gasteiger partial charge in [-0.1, -0.05) is 0 Å². The average molecular weight is 184 g/mol. The maximum atomic E-state index is 2.39. The third-order valence-corrected chi connectivity index (χ3v) is 1.83. The highest BCUT2D eigenvalue weighted by atomic mass is 79.9. The number of nitrogens with zero attached hydrogens (tertiary/aromatic N) is 1. The lowest BCUT2D eigenvalue weighted by Gasteiger charge is -1.93. The van der Waals surface area contributed by atoms with Crippen molar-refractivity contribution in [3.63, 3.8) is 0 Å². The van der Waals surface area contributed by atoms with Crippen LogP contribution in [0.2, 0.25) is 0 Å². The van der Waals surface area contributed by atoms with Gasteiger partial charge in [0.2, 0.25) is 0 Å². The van der Waals surface area contributed by atoms with Gasteiger partial charge in [-0.25, -0.2) is 0 Å². The fourth-order valence-corrected chi connectivity index (χ4v) is 1.23. The summed E-state index contributed by atoms with van der Waals surface area (Å²) in [7, 11) is 2.00. The molecule has 1 fully saturated rings. The van der Waals surface area contributed by atoms with E-state index in [9.17, 15) is 0 Å². The molecule has 0 aromatic rings. The zero-order valence-corrected chi connectivity index (χ0v) is 7.36. The van der Waals surface area contributed by atoms with Crippen molar-refractivity contribution in [3.05, 3.63) is 0 Å². The van der Waals surface area contributed by atoms with Gasteiger partial charge in [0.15, 0.2) is 0 Å². The molecule has 1 aliphatic rings. The molecule has 1 aliphatic heterocycles. The fourth-order valence-electron chi connectivity index (χ4n) is 0.783. The SMILES string of the molecule is [Br-].[PH3+]N1CCCC1. The van der Waals surface area contributed by atoms with Crippen molar-refractivity contribution in [1.29, 1.82) is 0 Å². The van der Waals surface area contributed by atoms with Crippen LogP contribution < -0.4 is 17.0 Å². The molecule has 1 unspecified atom stereocenters. The summed E-state index contributed by atoms with van der Waals surface area (Å²) >= 11 is 0. The molecular weight excluding hydrogens is 173 g/mol. The Morgan fingerprint density at radius 2 is 1.57 bits per heavy atom. The largest absolute Gasteiger partial charge is 1.00 e. The van der Waals surface area contributed by atoms with Crippen molar-refractivity contribution < 1.29 is 17.0 Å². The second kappa shape index (κ2) is 3.82. The Kier molecular flexibility index (Phi) is 4.30. The Labute approximate surface area is 57.5 Å². The number of hydrogen-bond acceptors (Lipinski definition) is 1. The maximum Gasteiger partial charge on any atom is 0.0431 e. The summed E-state index contributed by atoms with van der Waals surface area (Å²) in [5.74, 6) is 0. The first-order valence-corrected chi connectivity index (χ1v) is 3.08. The highest BCUT2D eigenvalue weighted by Gasteiger charge is 2.07. The highest BCUT2D eigenvalue weighted by molar-refractivity contribution is 7.13. The topological polar surface area (TPSA) is 3.24 Å². The highest BCUT2D eigenvalue weighted by Crippen LogP contribution is 2.10. The van der Waals surface area contributed by atoms with Crippen molar-refractivity contribution in [2.45, 2.75) is 12.8 Å². The molecule has 44 valence electrons. The van der Waals surface area contributed by atoms with Crippen LogP contribution in [-0.2, 0) is 0 Å². The van der Waals surface area contributed by atoms with E-state index in [-0.39, 0.29) is 17.0 Å². The van der Waals surface area contributed by atoms with Crippen LogP contribution in [0.4, 0.5) is 0 Å². The zero-order chi connectivity index (χ0) is 4.41. The summed E-state index contributed by atoms with van der Waals surface area (Å²) in [6, 6.07) is 0. The van der Waals surface area contributed by atoms with Gasteiger partial charge in [-0.15, -0.1) is 0 Å². The Morgan fingerprint density at radius 1 is 1.14 bits per heavy atom. The van der Waals surface area contributed by atoms with Crippen LogP contribution in [0.5, 0.6) is 0 Å². The molecule has 0 amide bonds. The minimum atomic E-state index is 0. The van der Waals surface area contributed by atoms with Gasteiger partial charge in [-0.05, 0) is 12.8 Å². The Hall–Kier alpha value is 0.870. The lowest BCUT2D eigenvalue weighted by Crippen LogP contribution is -3.00. The van der Waals surface area contributed by atoms with Crippen LogP contribution in [0.15, 0.2) is 0 Å². The second-order valence-corrected chi connectivity index (χ2v) is 2.72. The lowest BCUT2D eigenvalue weighted by molar-refractivity contribution is -0.00000121. The van der Waals surface area contributed by atoms with Crippen molar-refractivity contribution >= 4 is 9.39 Å². The van der Waals surface area contributed by atoms with Gasteiger partial charge >= 0.3 is 0 Å². The van der Waals surface area contributed by atoms with E-state index in [1.165, 1.54) is 25.9 Å². The number of halogens is 1. The van der Waals surface area contributed by atoms with E-state index in [1.54, 1.807) is 0 Å². The molecule has 1 atom stereocenters. The predicted octanol–water partition coefficient (Wildman–Crippen LogP) is -2.39. The van der Waals surface area contributed by atoms with Gasteiger partial charge in [0, 0.05) is 22.5 Å². The fraction of sp³-hybridized carbons (Fsp3) is 1.00. The molecule has 0 spiro atoms. The molecule has 7 heavy (non-hydrogen) atoms. The van der Waals surface area contributed by atoms with Crippen molar-refractivity contribution in [1.82, 2.24) is 4.67 Å². The maximum absolute atomic E-state index is 2.39. The quantitative estimate of drug-likeness (QED) is 0.379. The van der Waals surface area contributed by atoms with Crippen LogP contribution >= 0.6 is 9.39 Å². The third kappa shape index (κ3) is 2.63. The minimum absolute atomic E-state index is 0. The normalized spacial score (nSPS) is 22.3. The molecule has 0 aromatic heterocycles. The molecule has 1 rings (SSSR count). The van der Waals surface area contributed by atoms with E-state index in [2.05, 4.69) is 4.67 Å². The number of hydrogen-bond donors (Lipinski definition) is 0. The van der Waals surface area contributed by atoms with Gasteiger partial charge in [-0.3, -0.25) is 0 Å². The molecule has 0 radical (unpaired) electrons. The molecule has 0 aliphatic carbocycles. The predicted molar refractivity (Wildman–Crippen MR) is 31.9 cm³/mol. The smallest absolute Gasteiger partial charge is 0.0431 e. The molecule has 1 nitrogen and oxygen atoms in total. The van der Waals surface area contributed by atoms with E-state index in [0.717, 1.165) is 0 Å². The van der Waals surface area contributed by atoms with Crippen LogP contribution in [-0.4, -0.2) is 17.8 Å².